The third kappa shape index (κ3) is 3.32. The van der Waals surface area contributed by atoms with Gasteiger partial charge in [-0.2, -0.15) is 0 Å². The van der Waals surface area contributed by atoms with Crippen LogP contribution in [0.25, 0.3) is 0 Å². The van der Waals surface area contributed by atoms with Crippen molar-refractivity contribution in [3.05, 3.63) is 95.6 Å². The number of alkyl halides is 12. The van der Waals surface area contributed by atoms with Crippen molar-refractivity contribution >= 4 is 17.7 Å². The molecule has 0 aliphatic carbocycles. The van der Waals surface area contributed by atoms with Gasteiger partial charge in [0.2, 0.25) is 0 Å². The van der Waals surface area contributed by atoms with Crippen LogP contribution in [0.4, 0.5) is 52.7 Å². The first-order valence-corrected chi connectivity index (χ1v) is 13.5. The number of benzene rings is 3. The van der Waals surface area contributed by atoms with E-state index in [2.05, 4.69) is 0 Å². The molecule has 3 aromatic rings. The summed E-state index contributed by atoms with van der Waals surface area (Å²) in [5.41, 5.74) is -14.2. The Morgan fingerprint density at radius 1 is 0.475 bits per heavy atom. The van der Waals surface area contributed by atoms with Crippen molar-refractivity contribution in [1.82, 2.24) is 0 Å². The van der Waals surface area contributed by atoms with E-state index in [4.69, 9.17) is 9.05 Å². The van der Waals surface area contributed by atoms with Crippen LogP contribution in [0.1, 0.15) is 16.7 Å². The molecule has 0 amide bonds. The zero-order chi connectivity index (χ0) is 29.6. The molecule has 2 nitrogen and oxygen atoms in total. The Morgan fingerprint density at radius 3 is 1.15 bits per heavy atom. The van der Waals surface area contributed by atoms with Crippen molar-refractivity contribution in [2.45, 2.75) is 42.1 Å². The van der Waals surface area contributed by atoms with Crippen LogP contribution in [0.2, 0.25) is 0 Å². The first-order valence-electron chi connectivity index (χ1n) is 11.2. The predicted octanol–water partition coefficient (Wildman–Crippen LogP) is 7.92. The summed E-state index contributed by atoms with van der Waals surface area (Å²) in [7, 11) is -6.73. The van der Waals surface area contributed by atoms with Crippen LogP contribution in [0, 0.1) is 0 Å². The van der Waals surface area contributed by atoms with E-state index in [1.807, 2.05) is 0 Å². The van der Waals surface area contributed by atoms with Gasteiger partial charge in [-0.1, -0.05) is 0 Å². The van der Waals surface area contributed by atoms with Crippen LogP contribution in [-0.2, 0) is 26.4 Å². The molecule has 0 aromatic heterocycles. The Balaban J connectivity index is 2.04. The zero-order valence-electron chi connectivity index (χ0n) is 19.5. The fourth-order valence-corrected chi connectivity index (χ4v) is 11.7. The topological polar surface area (TPSA) is 18.5 Å². The Bertz CT molecular complexity index is 1340. The zero-order valence-corrected chi connectivity index (χ0v) is 20.4. The summed E-state index contributed by atoms with van der Waals surface area (Å²) in [5, 5.41) is -2.34. The van der Waals surface area contributed by atoms with Crippen LogP contribution in [0.3, 0.4) is 0 Å². The second-order valence-corrected chi connectivity index (χ2v) is 13.2. The summed E-state index contributed by atoms with van der Waals surface area (Å²) in [5.74, 6) is 0. The minimum absolute atomic E-state index is 0.218. The summed E-state index contributed by atoms with van der Waals surface area (Å²) >= 11 is 0. The Hall–Kier alpha value is -2.83. The van der Waals surface area contributed by atoms with Crippen molar-refractivity contribution in [3.8, 4) is 0 Å². The van der Waals surface area contributed by atoms with Gasteiger partial charge in [0, 0.05) is 0 Å². The molecule has 0 radical (unpaired) electrons. The molecule has 15 heteroatoms. The summed E-state index contributed by atoms with van der Waals surface area (Å²) in [4.78, 5) is 0. The van der Waals surface area contributed by atoms with Gasteiger partial charge in [0.25, 0.3) is 0 Å². The fraction of sp³-hybridized carbons (Fsp3) is 0.280. The molecule has 2 heterocycles. The van der Waals surface area contributed by atoms with Gasteiger partial charge in [0.15, 0.2) is 0 Å². The van der Waals surface area contributed by atoms with E-state index in [0.717, 1.165) is 36.4 Å². The van der Waals surface area contributed by atoms with E-state index >= 15 is 0 Å². The molecule has 3 aromatic carbocycles. The van der Waals surface area contributed by atoms with E-state index in [-0.39, 0.29) is 5.56 Å². The van der Waals surface area contributed by atoms with Gasteiger partial charge in [-0.3, -0.25) is 0 Å². The minimum atomic E-state index is -6.73. The third-order valence-electron chi connectivity index (χ3n) is 7.11. The number of hydrogen-bond donors (Lipinski definition) is 0. The molecule has 0 atom stereocenters. The number of rotatable bonds is 2. The van der Waals surface area contributed by atoms with Crippen molar-refractivity contribution in [2.24, 2.45) is 0 Å². The predicted molar refractivity (Wildman–Crippen MR) is 119 cm³/mol. The molecule has 0 bridgehead atoms. The van der Waals surface area contributed by atoms with Crippen LogP contribution in [-0.4, -0.2) is 24.7 Å². The summed E-state index contributed by atoms with van der Waals surface area (Å²) in [6.45, 7) is 0. The van der Waals surface area contributed by atoms with Gasteiger partial charge in [-0.05, 0) is 0 Å². The van der Waals surface area contributed by atoms with Crippen LogP contribution < -0.4 is 10.6 Å². The summed E-state index contributed by atoms with van der Waals surface area (Å²) in [6.07, 6.45) is -26.8. The van der Waals surface area contributed by atoms with Crippen LogP contribution >= 0.6 is 7.06 Å². The maximum absolute atomic E-state index is 14.6. The van der Waals surface area contributed by atoms with E-state index in [9.17, 15) is 52.7 Å². The van der Waals surface area contributed by atoms with E-state index < -0.39 is 70.9 Å². The standard InChI is InChI=1S/C25H15F12O2P/c26-22(27,28)20(23(29,30)31)16-10-4-6-12-18(16)40(38-20,14-15-8-2-1-3-9-15)19-13-7-5-11-17(19)21(39-40,24(32,33)34)25(35,36)37/h1-13H,14H2. The molecule has 0 unspecified atom stereocenters. The normalized spacial score (nSPS) is 21.9. The SMILES string of the molecule is FC(F)(F)C1(C(F)(F)F)OP2(Cc3ccccc3)(OC(C(F)(F)F)(C(F)(F)F)c3ccccc32)c2ccccc21. The molecular weight excluding hydrogens is 591 g/mol. The molecule has 0 saturated carbocycles. The first-order chi connectivity index (χ1) is 18.3. The molecule has 5 rings (SSSR count). The van der Waals surface area contributed by atoms with Crippen LogP contribution in [0.5, 0.6) is 0 Å². The summed E-state index contributed by atoms with van der Waals surface area (Å²) in [6, 6.07) is 11.3. The third-order valence-corrected chi connectivity index (χ3v) is 12.1. The molecule has 0 N–H and O–H groups in total. The van der Waals surface area contributed by atoms with Gasteiger partial charge in [-0.15, -0.1) is 0 Å². The second kappa shape index (κ2) is 8.13. The van der Waals surface area contributed by atoms with E-state index in [1.54, 1.807) is 0 Å². The summed E-state index contributed by atoms with van der Waals surface area (Å²) < 4.78 is 186. The van der Waals surface area contributed by atoms with Gasteiger partial charge < -0.3 is 0 Å². The van der Waals surface area contributed by atoms with Gasteiger partial charge >= 0.3 is 217 Å². The van der Waals surface area contributed by atoms with Gasteiger partial charge in [-0.25, -0.2) is 0 Å². The molecule has 216 valence electrons. The van der Waals surface area contributed by atoms with Crippen molar-refractivity contribution < 1.29 is 61.7 Å². The van der Waals surface area contributed by atoms with Crippen molar-refractivity contribution in [2.75, 3.05) is 0 Å². The maximum atomic E-state index is 14.6. The molecule has 0 saturated heterocycles. The fourth-order valence-electron chi connectivity index (χ4n) is 5.64. The van der Waals surface area contributed by atoms with Crippen molar-refractivity contribution in [3.63, 3.8) is 0 Å². The number of fused-ring (bicyclic) bond motifs is 4. The molecule has 2 aliphatic rings. The Morgan fingerprint density at radius 2 is 0.800 bits per heavy atom. The van der Waals surface area contributed by atoms with Crippen molar-refractivity contribution in [1.29, 1.82) is 0 Å². The monoisotopic (exact) mass is 606 g/mol. The Labute approximate surface area is 217 Å². The van der Waals surface area contributed by atoms with Crippen LogP contribution in [0.15, 0.2) is 78.9 Å². The average molecular weight is 606 g/mol. The Kier molecular flexibility index (Phi) is 5.83. The first kappa shape index (κ1) is 28.7. The number of hydrogen-bond acceptors (Lipinski definition) is 2. The molecule has 2 aliphatic heterocycles. The second-order valence-electron chi connectivity index (χ2n) is 9.34. The van der Waals surface area contributed by atoms with Gasteiger partial charge in [0.05, 0.1) is 0 Å². The molecular formula is C25H15F12O2P. The van der Waals surface area contributed by atoms with E-state index in [1.165, 1.54) is 18.2 Å². The van der Waals surface area contributed by atoms with E-state index in [0.29, 0.717) is 24.3 Å². The molecule has 0 fully saturated rings. The number of halogens is 12. The quantitative estimate of drug-likeness (QED) is 0.218. The molecule has 40 heavy (non-hydrogen) atoms. The average Bonchev–Trinajstić information content (AvgIpc) is 3.27. The molecule has 1 spiro atoms. The van der Waals surface area contributed by atoms with Gasteiger partial charge in [0.1, 0.15) is 0 Å².